The highest BCUT2D eigenvalue weighted by molar-refractivity contribution is 5.17. The number of rotatable bonds is 5. The van der Waals surface area contributed by atoms with Crippen molar-refractivity contribution in [3.8, 4) is 0 Å². The molecule has 0 bridgehead atoms. The van der Waals surface area contributed by atoms with Gasteiger partial charge >= 0.3 is 0 Å². The van der Waals surface area contributed by atoms with Crippen molar-refractivity contribution < 1.29 is 5.11 Å². The van der Waals surface area contributed by atoms with Crippen molar-refractivity contribution in [2.24, 2.45) is 0 Å². The molecular weight excluding hydrogens is 210 g/mol. The topological polar surface area (TPSA) is 32.3 Å². The molecular formula is C15H23NO. The van der Waals surface area contributed by atoms with Crippen LogP contribution < -0.4 is 5.32 Å². The van der Waals surface area contributed by atoms with Gasteiger partial charge in [-0.2, -0.15) is 0 Å². The molecule has 1 aromatic carbocycles. The van der Waals surface area contributed by atoms with Gasteiger partial charge in [-0.25, -0.2) is 0 Å². The van der Waals surface area contributed by atoms with Crippen LogP contribution in [0.5, 0.6) is 0 Å². The summed E-state index contributed by atoms with van der Waals surface area (Å²) in [5.74, 6) is 0. The summed E-state index contributed by atoms with van der Waals surface area (Å²) in [6, 6.07) is 9.91. The Morgan fingerprint density at radius 1 is 1.24 bits per heavy atom. The lowest BCUT2D eigenvalue weighted by Crippen LogP contribution is -2.40. The van der Waals surface area contributed by atoms with Crippen LogP contribution in [0.4, 0.5) is 0 Å². The van der Waals surface area contributed by atoms with Gasteiger partial charge in [-0.1, -0.05) is 43.2 Å². The minimum absolute atomic E-state index is 0.316. The number of hydrogen-bond acceptors (Lipinski definition) is 2. The van der Waals surface area contributed by atoms with Crippen molar-refractivity contribution in [2.45, 2.75) is 50.7 Å². The molecule has 1 aliphatic carbocycles. The molecule has 0 unspecified atom stereocenters. The van der Waals surface area contributed by atoms with Crippen molar-refractivity contribution in [3.63, 3.8) is 0 Å². The van der Waals surface area contributed by atoms with Crippen LogP contribution in [-0.4, -0.2) is 17.2 Å². The second-order valence-corrected chi connectivity index (χ2v) is 5.41. The van der Waals surface area contributed by atoms with E-state index in [9.17, 15) is 5.11 Å². The Hall–Kier alpha value is -0.860. The predicted octanol–water partition coefficient (Wildman–Crippen LogP) is 3.03. The van der Waals surface area contributed by atoms with Crippen LogP contribution in [0, 0.1) is 0 Å². The van der Waals surface area contributed by atoms with Gasteiger partial charge in [0.25, 0.3) is 0 Å². The minimum atomic E-state index is -0.339. The summed E-state index contributed by atoms with van der Waals surface area (Å²) in [6.45, 7) is 3.20. The summed E-state index contributed by atoms with van der Waals surface area (Å²) >= 11 is 0. The molecule has 0 aliphatic heterocycles. The molecule has 1 aromatic rings. The Kier molecular flexibility index (Phi) is 4.19. The molecule has 1 saturated carbocycles. The first kappa shape index (κ1) is 12.6. The zero-order valence-electron chi connectivity index (χ0n) is 10.7. The van der Waals surface area contributed by atoms with Crippen molar-refractivity contribution >= 4 is 0 Å². The lowest BCUT2D eigenvalue weighted by molar-refractivity contribution is 0.162. The second-order valence-electron chi connectivity index (χ2n) is 5.41. The van der Waals surface area contributed by atoms with Gasteiger partial charge in [0.05, 0.1) is 6.10 Å². The molecule has 1 atom stereocenters. The molecule has 1 fully saturated rings. The van der Waals surface area contributed by atoms with E-state index < -0.39 is 0 Å². The van der Waals surface area contributed by atoms with Gasteiger partial charge in [-0.3, -0.25) is 0 Å². The molecule has 2 nitrogen and oxygen atoms in total. The third-order valence-electron chi connectivity index (χ3n) is 3.86. The van der Waals surface area contributed by atoms with Crippen LogP contribution in [0.3, 0.4) is 0 Å². The molecule has 0 aromatic heterocycles. The molecule has 0 spiro atoms. The Morgan fingerprint density at radius 2 is 1.88 bits per heavy atom. The van der Waals surface area contributed by atoms with Gasteiger partial charge in [0.2, 0.25) is 0 Å². The van der Waals surface area contributed by atoms with E-state index in [-0.39, 0.29) is 6.10 Å². The monoisotopic (exact) mass is 233 g/mol. The van der Waals surface area contributed by atoms with Crippen LogP contribution >= 0.6 is 0 Å². The first-order chi connectivity index (χ1) is 8.20. The lowest BCUT2D eigenvalue weighted by Gasteiger charge is -2.26. The van der Waals surface area contributed by atoms with E-state index in [2.05, 4.69) is 12.2 Å². The maximum Gasteiger partial charge on any atom is 0.0802 e. The van der Waals surface area contributed by atoms with Crippen LogP contribution in [0.15, 0.2) is 30.3 Å². The molecule has 17 heavy (non-hydrogen) atoms. The first-order valence-electron chi connectivity index (χ1n) is 6.68. The summed E-state index contributed by atoms with van der Waals surface area (Å²) in [6.07, 6.45) is 5.67. The van der Waals surface area contributed by atoms with Crippen LogP contribution in [0.2, 0.25) is 0 Å². The maximum atomic E-state index is 10.0. The van der Waals surface area contributed by atoms with Crippen molar-refractivity contribution in [2.75, 3.05) is 6.54 Å². The van der Waals surface area contributed by atoms with Gasteiger partial charge in [0.1, 0.15) is 0 Å². The minimum Gasteiger partial charge on any atom is -0.388 e. The second kappa shape index (κ2) is 5.65. The number of aliphatic hydroxyl groups excluding tert-OH is 1. The number of nitrogens with one attached hydrogen (secondary N) is 1. The summed E-state index contributed by atoms with van der Waals surface area (Å²) in [5.41, 5.74) is 1.34. The third kappa shape index (κ3) is 3.55. The zero-order valence-corrected chi connectivity index (χ0v) is 10.7. The first-order valence-corrected chi connectivity index (χ1v) is 6.68. The summed E-state index contributed by atoms with van der Waals surface area (Å²) in [4.78, 5) is 0. The van der Waals surface area contributed by atoms with Crippen molar-refractivity contribution in [1.82, 2.24) is 5.32 Å². The molecule has 2 rings (SSSR count). The molecule has 0 radical (unpaired) electrons. The van der Waals surface area contributed by atoms with Gasteiger partial charge in [-0.15, -0.1) is 0 Å². The molecule has 94 valence electrons. The van der Waals surface area contributed by atoms with Crippen molar-refractivity contribution in [3.05, 3.63) is 35.9 Å². The average molecular weight is 233 g/mol. The van der Waals surface area contributed by atoms with Crippen LogP contribution in [-0.2, 0) is 0 Å². The number of hydrogen-bond donors (Lipinski definition) is 2. The smallest absolute Gasteiger partial charge is 0.0802 e. The summed E-state index contributed by atoms with van der Waals surface area (Å²) in [5, 5.41) is 13.6. The number of aliphatic hydroxyl groups is 1. The maximum absolute atomic E-state index is 10.0. The highest BCUT2D eigenvalue weighted by atomic mass is 16.3. The Morgan fingerprint density at radius 3 is 2.53 bits per heavy atom. The van der Waals surface area contributed by atoms with Gasteiger partial charge in [-0.05, 0) is 38.3 Å². The van der Waals surface area contributed by atoms with Gasteiger partial charge < -0.3 is 10.4 Å². The summed E-state index contributed by atoms with van der Waals surface area (Å²) < 4.78 is 0. The Bertz CT molecular complexity index is 330. The van der Waals surface area contributed by atoms with E-state index >= 15 is 0 Å². The fourth-order valence-electron chi connectivity index (χ4n) is 2.68. The zero-order chi connectivity index (χ0) is 12.1. The fourth-order valence-corrected chi connectivity index (χ4v) is 2.68. The van der Waals surface area contributed by atoms with E-state index in [4.69, 9.17) is 0 Å². The highest BCUT2D eigenvalue weighted by Crippen LogP contribution is 2.29. The quantitative estimate of drug-likeness (QED) is 0.819. The average Bonchev–Trinajstić information content (AvgIpc) is 2.77. The summed E-state index contributed by atoms with van der Waals surface area (Å²) in [7, 11) is 0. The molecule has 2 N–H and O–H groups in total. The molecule has 1 aliphatic rings. The normalized spacial score (nSPS) is 20.4. The lowest BCUT2D eigenvalue weighted by atomic mass is 10.00. The largest absolute Gasteiger partial charge is 0.388 e. The Labute approximate surface area is 104 Å². The van der Waals surface area contributed by atoms with Gasteiger partial charge in [0, 0.05) is 5.54 Å². The third-order valence-corrected chi connectivity index (χ3v) is 3.86. The fraction of sp³-hybridized carbons (Fsp3) is 0.600. The SMILES string of the molecule is CC1(NCC[C@@H](O)c2ccccc2)CCCC1. The van der Waals surface area contributed by atoms with Crippen LogP contribution in [0.25, 0.3) is 0 Å². The highest BCUT2D eigenvalue weighted by Gasteiger charge is 2.27. The predicted molar refractivity (Wildman–Crippen MR) is 70.9 cm³/mol. The molecule has 2 heteroatoms. The van der Waals surface area contributed by atoms with E-state index in [1.165, 1.54) is 25.7 Å². The van der Waals surface area contributed by atoms with Gasteiger partial charge in [0.15, 0.2) is 0 Å². The number of benzene rings is 1. The Balaban J connectivity index is 1.75. The molecule has 0 heterocycles. The van der Waals surface area contributed by atoms with Crippen LogP contribution in [0.1, 0.15) is 50.7 Å². The molecule has 0 amide bonds. The van der Waals surface area contributed by atoms with Crippen molar-refractivity contribution in [1.29, 1.82) is 0 Å². The molecule has 0 saturated heterocycles. The van der Waals surface area contributed by atoms with E-state index in [1.807, 2.05) is 30.3 Å². The van der Waals surface area contributed by atoms with E-state index in [1.54, 1.807) is 0 Å². The van der Waals surface area contributed by atoms with E-state index in [0.717, 1.165) is 18.5 Å². The van der Waals surface area contributed by atoms with E-state index in [0.29, 0.717) is 5.54 Å². The standard InChI is InChI=1S/C15H23NO/c1-15(10-5-6-11-15)16-12-9-14(17)13-7-3-2-4-8-13/h2-4,7-8,14,16-17H,5-6,9-12H2,1H3/t14-/m1/s1.